The quantitative estimate of drug-likeness (QED) is 0.838. The Morgan fingerprint density at radius 1 is 1.50 bits per heavy atom. The lowest BCUT2D eigenvalue weighted by molar-refractivity contribution is 0.414. The van der Waals surface area contributed by atoms with E-state index in [0.717, 1.165) is 18.8 Å². The molecule has 0 aliphatic carbocycles. The number of fused-ring (bicyclic) bond motifs is 1. The number of nitrogens with zero attached hydrogens (tertiary/aromatic N) is 1. The predicted molar refractivity (Wildman–Crippen MR) is 67.5 cm³/mol. The Morgan fingerprint density at radius 2 is 2.31 bits per heavy atom. The van der Waals surface area contributed by atoms with E-state index in [1.54, 1.807) is 7.11 Å². The van der Waals surface area contributed by atoms with Crippen molar-refractivity contribution in [3.63, 3.8) is 0 Å². The number of benzene rings is 1. The van der Waals surface area contributed by atoms with Crippen LogP contribution in [0, 0.1) is 0 Å². The molecule has 1 aromatic rings. The van der Waals surface area contributed by atoms with Crippen molar-refractivity contribution in [3.05, 3.63) is 23.8 Å². The van der Waals surface area contributed by atoms with Gasteiger partial charge in [0.2, 0.25) is 0 Å². The first kappa shape index (κ1) is 11.3. The van der Waals surface area contributed by atoms with E-state index in [1.807, 2.05) is 13.1 Å². The lowest BCUT2D eigenvalue weighted by atomic mass is 9.98. The average Bonchev–Trinajstić information content (AvgIpc) is 2.63. The second kappa shape index (κ2) is 4.74. The smallest absolute Gasteiger partial charge is 0.119 e. The largest absolute Gasteiger partial charge is 0.497 e. The summed E-state index contributed by atoms with van der Waals surface area (Å²) in [5, 5.41) is 3.22. The molecule has 0 saturated carbocycles. The Labute approximate surface area is 97.4 Å². The summed E-state index contributed by atoms with van der Waals surface area (Å²) in [6, 6.07) is 6.38. The fraction of sp³-hybridized carbons (Fsp3) is 0.538. The molecule has 0 spiro atoms. The van der Waals surface area contributed by atoms with E-state index < -0.39 is 0 Å². The van der Waals surface area contributed by atoms with Gasteiger partial charge >= 0.3 is 0 Å². The summed E-state index contributed by atoms with van der Waals surface area (Å²) in [7, 11) is 5.89. The molecule has 0 aromatic heterocycles. The Kier molecular flexibility index (Phi) is 3.34. The number of hydrogen-bond acceptors (Lipinski definition) is 3. The van der Waals surface area contributed by atoms with Crippen molar-refractivity contribution < 1.29 is 4.74 Å². The van der Waals surface area contributed by atoms with Crippen molar-refractivity contribution in [1.82, 2.24) is 5.32 Å². The second-order valence-electron chi connectivity index (χ2n) is 4.39. The third-order valence-corrected chi connectivity index (χ3v) is 3.32. The molecule has 1 atom stereocenters. The SMILES string of the molecule is CNCCC1CN(C)c2ccc(OC)cc21. The molecule has 1 N–H and O–H groups in total. The fourth-order valence-electron chi connectivity index (χ4n) is 2.43. The Morgan fingerprint density at radius 3 is 3.00 bits per heavy atom. The normalized spacial score (nSPS) is 18.7. The molecule has 0 amide bonds. The number of methoxy groups -OCH3 is 1. The zero-order valence-corrected chi connectivity index (χ0v) is 10.3. The molecule has 1 unspecified atom stereocenters. The second-order valence-corrected chi connectivity index (χ2v) is 4.39. The minimum Gasteiger partial charge on any atom is -0.497 e. The molecule has 1 aromatic carbocycles. The van der Waals surface area contributed by atoms with Gasteiger partial charge in [-0.05, 0) is 43.8 Å². The highest BCUT2D eigenvalue weighted by molar-refractivity contribution is 5.61. The topological polar surface area (TPSA) is 24.5 Å². The molecule has 88 valence electrons. The molecule has 1 aliphatic heterocycles. The van der Waals surface area contributed by atoms with E-state index >= 15 is 0 Å². The van der Waals surface area contributed by atoms with E-state index in [2.05, 4.69) is 29.4 Å². The molecule has 1 heterocycles. The number of ether oxygens (including phenoxy) is 1. The van der Waals surface area contributed by atoms with Crippen molar-refractivity contribution in [2.45, 2.75) is 12.3 Å². The molecule has 2 rings (SSSR count). The lowest BCUT2D eigenvalue weighted by Crippen LogP contribution is -2.18. The maximum Gasteiger partial charge on any atom is 0.119 e. The maximum absolute atomic E-state index is 5.29. The predicted octanol–water partition coefficient (Wildman–Crippen LogP) is 1.84. The van der Waals surface area contributed by atoms with Gasteiger partial charge in [-0.1, -0.05) is 0 Å². The minimum atomic E-state index is 0.627. The van der Waals surface area contributed by atoms with Gasteiger partial charge in [-0.15, -0.1) is 0 Å². The minimum absolute atomic E-state index is 0.627. The Balaban J connectivity index is 2.23. The number of rotatable bonds is 4. The van der Waals surface area contributed by atoms with Crippen molar-refractivity contribution in [2.75, 3.05) is 39.2 Å². The van der Waals surface area contributed by atoms with Crippen LogP contribution in [0.15, 0.2) is 18.2 Å². The number of hydrogen-bond donors (Lipinski definition) is 1. The zero-order valence-electron chi connectivity index (χ0n) is 10.3. The van der Waals surface area contributed by atoms with Crippen LogP contribution in [0.5, 0.6) is 5.75 Å². The molecule has 16 heavy (non-hydrogen) atoms. The standard InChI is InChI=1S/C13H20N2O/c1-14-7-6-10-9-15(2)13-5-4-11(16-3)8-12(10)13/h4-5,8,10,14H,6-7,9H2,1-3H3. The van der Waals surface area contributed by atoms with Crippen LogP contribution in [0.25, 0.3) is 0 Å². The van der Waals surface area contributed by atoms with E-state index in [9.17, 15) is 0 Å². The molecule has 3 heteroatoms. The van der Waals surface area contributed by atoms with E-state index in [0.29, 0.717) is 5.92 Å². The molecular weight excluding hydrogens is 200 g/mol. The fourth-order valence-corrected chi connectivity index (χ4v) is 2.43. The first-order chi connectivity index (χ1) is 7.76. The highest BCUT2D eigenvalue weighted by Gasteiger charge is 2.26. The average molecular weight is 220 g/mol. The van der Waals surface area contributed by atoms with Crippen LogP contribution in [0.1, 0.15) is 17.9 Å². The van der Waals surface area contributed by atoms with E-state index in [1.165, 1.54) is 17.7 Å². The summed E-state index contributed by atoms with van der Waals surface area (Å²) in [5.41, 5.74) is 2.78. The van der Waals surface area contributed by atoms with Crippen LogP contribution in [0.2, 0.25) is 0 Å². The van der Waals surface area contributed by atoms with Gasteiger partial charge in [0.05, 0.1) is 7.11 Å². The highest BCUT2D eigenvalue weighted by atomic mass is 16.5. The monoisotopic (exact) mass is 220 g/mol. The van der Waals surface area contributed by atoms with Crippen LogP contribution < -0.4 is 15.0 Å². The summed E-state index contributed by atoms with van der Waals surface area (Å²) < 4.78 is 5.29. The third kappa shape index (κ3) is 2.00. The molecule has 0 radical (unpaired) electrons. The van der Waals surface area contributed by atoms with E-state index in [-0.39, 0.29) is 0 Å². The van der Waals surface area contributed by atoms with Gasteiger partial charge in [0, 0.05) is 25.2 Å². The first-order valence-electron chi connectivity index (χ1n) is 5.80. The van der Waals surface area contributed by atoms with Crippen LogP contribution >= 0.6 is 0 Å². The van der Waals surface area contributed by atoms with Gasteiger partial charge in [0.1, 0.15) is 5.75 Å². The van der Waals surface area contributed by atoms with Gasteiger partial charge in [-0.25, -0.2) is 0 Å². The van der Waals surface area contributed by atoms with Crippen LogP contribution in [0.4, 0.5) is 5.69 Å². The molecule has 3 nitrogen and oxygen atoms in total. The summed E-state index contributed by atoms with van der Waals surface area (Å²) in [6.07, 6.45) is 1.18. The number of nitrogens with one attached hydrogen (secondary N) is 1. The van der Waals surface area contributed by atoms with E-state index in [4.69, 9.17) is 4.74 Å². The van der Waals surface area contributed by atoms with Gasteiger partial charge in [0.15, 0.2) is 0 Å². The zero-order chi connectivity index (χ0) is 11.5. The van der Waals surface area contributed by atoms with Crippen molar-refractivity contribution in [3.8, 4) is 5.75 Å². The maximum atomic E-state index is 5.29. The van der Waals surface area contributed by atoms with Crippen molar-refractivity contribution in [1.29, 1.82) is 0 Å². The summed E-state index contributed by atoms with van der Waals surface area (Å²) in [5.74, 6) is 1.59. The Hall–Kier alpha value is -1.22. The number of anilines is 1. The summed E-state index contributed by atoms with van der Waals surface area (Å²) in [4.78, 5) is 2.33. The Bertz CT molecular complexity index is 365. The van der Waals surface area contributed by atoms with Gasteiger partial charge in [-0.3, -0.25) is 0 Å². The highest BCUT2D eigenvalue weighted by Crippen LogP contribution is 2.38. The third-order valence-electron chi connectivity index (χ3n) is 3.32. The van der Waals surface area contributed by atoms with Gasteiger partial charge < -0.3 is 15.0 Å². The van der Waals surface area contributed by atoms with Crippen LogP contribution in [0.3, 0.4) is 0 Å². The molecular formula is C13H20N2O. The molecule has 0 fully saturated rings. The van der Waals surface area contributed by atoms with Crippen LogP contribution in [-0.4, -0.2) is 34.3 Å². The lowest BCUT2D eigenvalue weighted by Gasteiger charge is -2.12. The summed E-state index contributed by atoms with van der Waals surface area (Å²) in [6.45, 7) is 2.18. The van der Waals surface area contributed by atoms with Crippen LogP contribution in [-0.2, 0) is 0 Å². The first-order valence-corrected chi connectivity index (χ1v) is 5.80. The molecule has 1 aliphatic rings. The molecule has 0 bridgehead atoms. The summed E-state index contributed by atoms with van der Waals surface area (Å²) >= 11 is 0. The van der Waals surface area contributed by atoms with Gasteiger partial charge in [0.25, 0.3) is 0 Å². The molecule has 0 saturated heterocycles. The van der Waals surface area contributed by atoms with Crippen molar-refractivity contribution >= 4 is 5.69 Å². The number of likely N-dealkylation sites (N-methyl/N-ethyl adjacent to an activating group) is 1. The van der Waals surface area contributed by atoms with Gasteiger partial charge in [-0.2, -0.15) is 0 Å². The van der Waals surface area contributed by atoms with Crippen molar-refractivity contribution in [2.24, 2.45) is 0 Å².